The molecule has 2 heterocycles. The summed E-state index contributed by atoms with van der Waals surface area (Å²) in [6.07, 6.45) is 2.35. The molecule has 0 bridgehead atoms. The second kappa shape index (κ2) is 4.67. The lowest BCUT2D eigenvalue weighted by Gasteiger charge is -2.08. The van der Waals surface area contributed by atoms with Crippen LogP contribution in [0.1, 0.15) is 17.8 Å². The van der Waals surface area contributed by atoms with E-state index >= 15 is 0 Å². The van der Waals surface area contributed by atoms with Gasteiger partial charge in [-0.2, -0.15) is 0 Å². The normalized spacial score (nSPS) is 19.8. The Morgan fingerprint density at radius 2 is 2.33 bits per heavy atom. The van der Waals surface area contributed by atoms with Gasteiger partial charge in [0.05, 0.1) is 11.0 Å². The average molecular weight is 308 g/mol. The van der Waals surface area contributed by atoms with Gasteiger partial charge in [-0.05, 0) is 50.0 Å². The van der Waals surface area contributed by atoms with Gasteiger partial charge in [0, 0.05) is 17.9 Å². The third-order valence-corrected chi connectivity index (χ3v) is 4.31. The molecular formula is C14H18BrN3. The van der Waals surface area contributed by atoms with Crippen molar-refractivity contribution in [2.24, 2.45) is 13.0 Å². The molecule has 0 saturated carbocycles. The molecule has 1 aliphatic heterocycles. The first-order valence-corrected chi connectivity index (χ1v) is 7.26. The summed E-state index contributed by atoms with van der Waals surface area (Å²) in [5.74, 6) is 1.95. The van der Waals surface area contributed by atoms with Crippen LogP contribution in [0.2, 0.25) is 0 Å². The van der Waals surface area contributed by atoms with Crippen LogP contribution in [0.5, 0.6) is 0 Å². The van der Waals surface area contributed by atoms with E-state index < -0.39 is 0 Å². The summed E-state index contributed by atoms with van der Waals surface area (Å²) in [7, 11) is 2.13. The summed E-state index contributed by atoms with van der Waals surface area (Å²) in [4.78, 5) is 4.80. The molecule has 0 aliphatic carbocycles. The number of imidazole rings is 1. The number of nitrogens with zero attached hydrogens (tertiary/aromatic N) is 2. The summed E-state index contributed by atoms with van der Waals surface area (Å²) in [6, 6.07) is 4.27. The molecule has 2 aromatic rings. The summed E-state index contributed by atoms with van der Waals surface area (Å²) in [5.41, 5.74) is 3.65. The minimum atomic E-state index is 0.740. The molecule has 18 heavy (non-hydrogen) atoms. The van der Waals surface area contributed by atoms with Gasteiger partial charge in [-0.3, -0.25) is 0 Å². The first kappa shape index (κ1) is 12.2. The van der Waals surface area contributed by atoms with Gasteiger partial charge in [0.1, 0.15) is 5.82 Å². The van der Waals surface area contributed by atoms with E-state index in [-0.39, 0.29) is 0 Å². The van der Waals surface area contributed by atoms with E-state index in [1.165, 1.54) is 23.3 Å². The molecule has 1 aromatic carbocycles. The summed E-state index contributed by atoms with van der Waals surface area (Å²) < 4.78 is 3.37. The SMILES string of the molecule is Cc1cc(Br)cc2nc(CC3CCNC3)n(C)c12. The van der Waals surface area contributed by atoms with Crippen molar-refractivity contribution in [3.63, 3.8) is 0 Å². The molecule has 1 aromatic heterocycles. The molecule has 4 heteroatoms. The number of nitrogens with one attached hydrogen (secondary N) is 1. The Hall–Kier alpha value is -0.870. The fourth-order valence-electron chi connectivity index (χ4n) is 2.91. The van der Waals surface area contributed by atoms with E-state index in [2.05, 4.69) is 51.9 Å². The van der Waals surface area contributed by atoms with Gasteiger partial charge in [0.15, 0.2) is 0 Å². The Bertz CT molecular complexity index is 582. The van der Waals surface area contributed by atoms with Gasteiger partial charge in [-0.1, -0.05) is 15.9 Å². The van der Waals surface area contributed by atoms with E-state index in [1.807, 2.05) is 0 Å². The molecule has 1 saturated heterocycles. The number of aromatic nitrogens is 2. The zero-order valence-electron chi connectivity index (χ0n) is 10.8. The van der Waals surface area contributed by atoms with E-state index in [0.717, 1.165) is 35.4 Å². The first-order valence-electron chi connectivity index (χ1n) is 6.47. The van der Waals surface area contributed by atoms with Crippen molar-refractivity contribution in [2.75, 3.05) is 13.1 Å². The van der Waals surface area contributed by atoms with Crippen LogP contribution in [0.15, 0.2) is 16.6 Å². The topological polar surface area (TPSA) is 29.9 Å². The number of hydrogen-bond donors (Lipinski definition) is 1. The number of rotatable bonds is 2. The highest BCUT2D eigenvalue weighted by atomic mass is 79.9. The number of hydrogen-bond acceptors (Lipinski definition) is 2. The van der Waals surface area contributed by atoms with Crippen LogP contribution in [0, 0.1) is 12.8 Å². The predicted octanol–water partition coefficient (Wildman–Crippen LogP) is 2.80. The molecular weight excluding hydrogens is 290 g/mol. The smallest absolute Gasteiger partial charge is 0.109 e. The molecule has 96 valence electrons. The summed E-state index contributed by atoms with van der Waals surface area (Å²) in [6.45, 7) is 4.43. The van der Waals surface area contributed by atoms with Crippen molar-refractivity contribution in [3.8, 4) is 0 Å². The quantitative estimate of drug-likeness (QED) is 0.924. The minimum absolute atomic E-state index is 0.740. The molecule has 1 unspecified atom stereocenters. The van der Waals surface area contributed by atoms with Gasteiger partial charge >= 0.3 is 0 Å². The highest BCUT2D eigenvalue weighted by molar-refractivity contribution is 9.10. The first-order chi connectivity index (χ1) is 8.65. The lowest BCUT2D eigenvalue weighted by atomic mass is 10.0. The summed E-state index contributed by atoms with van der Waals surface area (Å²) in [5, 5.41) is 3.42. The van der Waals surface area contributed by atoms with Gasteiger partial charge < -0.3 is 9.88 Å². The van der Waals surface area contributed by atoms with Crippen molar-refractivity contribution in [2.45, 2.75) is 19.8 Å². The molecule has 1 aliphatic rings. The van der Waals surface area contributed by atoms with Crippen LogP contribution >= 0.6 is 15.9 Å². The van der Waals surface area contributed by atoms with Gasteiger partial charge in [0.25, 0.3) is 0 Å². The van der Waals surface area contributed by atoms with Crippen LogP contribution in [0.25, 0.3) is 11.0 Å². The van der Waals surface area contributed by atoms with Crippen LogP contribution in [-0.2, 0) is 13.5 Å². The Kier molecular flexibility index (Phi) is 3.16. The standard InChI is InChI=1S/C14H18BrN3/c1-9-5-11(15)7-12-14(9)18(2)13(17-12)6-10-3-4-16-8-10/h5,7,10,16H,3-4,6,8H2,1-2H3. The second-order valence-electron chi connectivity index (χ2n) is 5.24. The van der Waals surface area contributed by atoms with E-state index in [1.54, 1.807) is 0 Å². The molecule has 3 nitrogen and oxygen atoms in total. The van der Waals surface area contributed by atoms with E-state index in [0.29, 0.717) is 0 Å². The number of benzene rings is 1. The predicted molar refractivity (Wildman–Crippen MR) is 77.8 cm³/mol. The number of fused-ring (bicyclic) bond motifs is 1. The largest absolute Gasteiger partial charge is 0.331 e. The number of aryl methyl sites for hydroxylation is 2. The van der Waals surface area contributed by atoms with Gasteiger partial charge in [0.2, 0.25) is 0 Å². The van der Waals surface area contributed by atoms with Crippen LogP contribution in [0.4, 0.5) is 0 Å². The maximum atomic E-state index is 4.80. The van der Waals surface area contributed by atoms with E-state index in [4.69, 9.17) is 4.98 Å². The Balaban J connectivity index is 2.02. The summed E-state index contributed by atoms with van der Waals surface area (Å²) >= 11 is 3.55. The van der Waals surface area contributed by atoms with Crippen molar-refractivity contribution in [3.05, 3.63) is 28.0 Å². The molecule has 1 fully saturated rings. The Morgan fingerprint density at radius 3 is 3.06 bits per heavy atom. The monoisotopic (exact) mass is 307 g/mol. The van der Waals surface area contributed by atoms with Crippen LogP contribution in [0.3, 0.4) is 0 Å². The van der Waals surface area contributed by atoms with Gasteiger partial charge in [-0.25, -0.2) is 4.98 Å². The zero-order valence-corrected chi connectivity index (χ0v) is 12.4. The third-order valence-electron chi connectivity index (χ3n) is 3.85. The second-order valence-corrected chi connectivity index (χ2v) is 6.16. The lowest BCUT2D eigenvalue weighted by molar-refractivity contribution is 0.552. The zero-order chi connectivity index (χ0) is 12.7. The Morgan fingerprint density at radius 1 is 1.50 bits per heavy atom. The average Bonchev–Trinajstić information content (AvgIpc) is 2.88. The van der Waals surface area contributed by atoms with Crippen molar-refractivity contribution in [1.29, 1.82) is 0 Å². The van der Waals surface area contributed by atoms with Crippen LogP contribution in [-0.4, -0.2) is 22.6 Å². The maximum Gasteiger partial charge on any atom is 0.109 e. The highest BCUT2D eigenvalue weighted by Gasteiger charge is 2.19. The fraction of sp³-hybridized carbons (Fsp3) is 0.500. The lowest BCUT2D eigenvalue weighted by Crippen LogP contribution is -2.12. The maximum absolute atomic E-state index is 4.80. The van der Waals surface area contributed by atoms with Gasteiger partial charge in [-0.15, -0.1) is 0 Å². The van der Waals surface area contributed by atoms with Crippen molar-refractivity contribution < 1.29 is 0 Å². The van der Waals surface area contributed by atoms with Crippen LogP contribution < -0.4 is 5.32 Å². The Labute approximate surface area is 116 Å². The highest BCUT2D eigenvalue weighted by Crippen LogP contribution is 2.25. The number of halogens is 1. The third kappa shape index (κ3) is 2.08. The van der Waals surface area contributed by atoms with Crippen molar-refractivity contribution >= 4 is 27.0 Å². The molecule has 0 spiro atoms. The fourth-order valence-corrected chi connectivity index (χ4v) is 3.47. The molecule has 0 amide bonds. The van der Waals surface area contributed by atoms with Crippen molar-refractivity contribution in [1.82, 2.24) is 14.9 Å². The molecule has 0 radical (unpaired) electrons. The van der Waals surface area contributed by atoms with E-state index in [9.17, 15) is 0 Å². The molecule has 3 rings (SSSR count). The molecule has 1 N–H and O–H groups in total. The minimum Gasteiger partial charge on any atom is -0.331 e. The molecule has 1 atom stereocenters.